The first kappa shape index (κ1) is 27.5. The van der Waals surface area contributed by atoms with Crippen molar-refractivity contribution >= 4 is 45.7 Å². The summed E-state index contributed by atoms with van der Waals surface area (Å²) in [6.45, 7) is 0.296. The van der Waals surface area contributed by atoms with Crippen LogP contribution in [0.3, 0.4) is 0 Å². The highest BCUT2D eigenvalue weighted by molar-refractivity contribution is 7.90. The highest BCUT2D eigenvalue weighted by Crippen LogP contribution is 2.31. The number of rotatable bonds is 4. The van der Waals surface area contributed by atoms with Gasteiger partial charge in [-0.25, -0.2) is 18.1 Å². The van der Waals surface area contributed by atoms with Gasteiger partial charge in [0.2, 0.25) is 5.96 Å². The van der Waals surface area contributed by atoms with Crippen LogP contribution in [-0.4, -0.2) is 38.7 Å². The number of hydrogen-bond acceptors (Lipinski definition) is 4. The summed E-state index contributed by atoms with van der Waals surface area (Å²) in [5.41, 5.74) is 1.54. The van der Waals surface area contributed by atoms with Crippen LogP contribution in [0.5, 0.6) is 0 Å². The molecular weight excluding hydrogens is 536 g/mol. The van der Waals surface area contributed by atoms with Crippen molar-refractivity contribution in [1.29, 1.82) is 0 Å². The van der Waals surface area contributed by atoms with Crippen molar-refractivity contribution in [3.8, 4) is 0 Å². The SMILES string of the molecule is CN=C(NS(=O)(=O)c1ccc(C(F)(F)F)cc1)N1C[C@H](c2ccccc2)C(c2ccc(Cl)cc2)=N1.Cl. The normalized spacial score (nSPS) is 16.4. The first-order valence-corrected chi connectivity index (χ1v) is 12.3. The minimum atomic E-state index is -4.57. The first-order chi connectivity index (χ1) is 16.6. The van der Waals surface area contributed by atoms with Gasteiger partial charge in [0.1, 0.15) is 0 Å². The van der Waals surface area contributed by atoms with Gasteiger partial charge in [-0.3, -0.25) is 4.99 Å². The predicted octanol–water partition coefficient (Wildman–Crippen LogP) is 5.55. The van der Waals surface area contributed by atoms with E-state index in [4.69, 9.17) is 11.6 Å². The average molecular weight is 557 g/mol. The van der Waals surface area contributed by atoms with Crippen molar-refractivity contribution in [1.82, 2.24) is 9.73 Å². The summed E-state index contributed by atoms with van der Waals surface area (Å²) < 4.78 is 66.7. The lowest BCUT2D eigenvalue weighted by Crippen LogP contribution is -2.41. The van der Waals surface area contributed by atoms with Crippen LogP contribution in [-0.2, 0) is 16.2 Å². The molecule has 1 atom stereocenters. The zero-order valence-corrected chi connectivity index (χ0v) is 21.2. The molecule has 1 N–H and O–H groups in total. The van der Waals surface area contributed by atoms with Gasteiger partial charge in [0.15, 0.2) is 0 Å². The summed E-state index contributed by atoms with van der Waals surface area (Å²) >= 11 is 6.03. The summed E-state index contributed by atoms with van der Waals surface area (Å²) in [5.74, 6) is -0.250. The molecule has 0 spiro atoms. The maximum absolute atomic E-state index is 12.9. The molecule has 1 heterocycles. The standard InChI is InChI=1S/C24H20ClF3N4O2S.ClH/c1-29-23(31-35(33,34)20-13-9-18(10-14-20)24(26,27)28)32-15-21(16-5-3-2-4-6-16)22(30-32)17-7-11-19(25)12-8-17;/h2-14,21H,15H2,1H3,(H,29,31);1H/t21-;/m1./s1. The number of aliphatic imine (C=N–C) groups is 1. The van der Waals surface area contributed by atoms with Crippen molar-refractivity contribution in [3.63, 3.8) is 0 Å². The van der Waals surface area contributed by atoms with E-state index in [1.165, 1.54) is 12.1 Å². The number of nitrogens with one attached hydrogen (secondary N) is 1. The number of hydrazone groups is 1. The van der Waals surface area contributed by atoms with E-state index in [2.05, 4.69) is 14.8 Å². The second-order valence-corrected chi connectivity index (χ2v) is 9.83. The molecule has 0 aliphatic carbocycles. The van der Waals surface area contributed by atoms with E-state index in [9.17, 15) is 21.6 Å². The van der Waals surface area contributed by atoms with Crippen LogP contribution in [0.4, 0.5) is 13.2 Å². The Morgan fingerprint density at radius 1 is 1.03 bits per heavy atom. The van der Waals surface area contributed by atoms with Gasteiger partial charge in [0.05, 0.1) is 22.7 Å². The van der Waals surface area contributed by atoms with Gasteiger partial charge < -0.3 is 0 Å². The Balaban J connectivity index is 0.00000361. The van der Waals surface area contributed by atoms with E-state index >= 15 is 0 Å². The van der Waals surface area contributed by atoms with Crippen molar-refractivity contribution in [2.75, 3.05) is 13.6 Å². The van der Waals surface area contributed by atoms with Crippen LogP contribution in [0.15, 0.2) is 93.9 Å². The molecule has 0 radical (unpaired) electrons. The summed E-state index contributed by atoms with van der Waals surface area (Å²) in [6, 6.07) is 20.0. The van der Waals surface area contributed by atoms with E-state index < -0.39 is 21.8 Å². The molecule has 36 heavy (non-hydrogen) atoms. The van der Waals surface area contributed by atoms with Crippen LogP contribution >= 0.6 is 24.0 Å². The van der Waals surface area contributed by atoms with Crippen LogP contribution in [0.2, 0.25) is 5.02 Å². The third-order valence-electron chi connectivity index (χ3n) is 5.43. The molecule has 1 aliphatic heterocycles. The van der Waals surface area contributed by atoms with Crippen LogP contribution in [0, 0.1) is 0 Å². The third kappa shape index (κ3) is 6.00. The smallest absolute Gasteiger partial charge is 0.254 e. The highest BCUT2D eigenvalue weighted by atomic mass is 35.5. The average Bonchev–Trinajstić information content (AvgIpc) is 3.28. The molecule has 0 saturated carbocycles. The zero-order valence-electron chi connectivity index (χ0n) is 18.8. The van der Waals surface area contributed by atoms with Crippen molar-refractivity contribution in [2.45, 2.75) is 17.0 Å². The monoisotopic (exact) mass is 556 g/mol. The van der Waals surface area contributed by atoms with Gasteiger partial charge >= 0.3 is 6.18 Å². The molecule has 0 amide bonds. The maximum atomic E-state index is 12.9. The number of alkyl halides is 3. The molecule has 190 valence electrons. The fourth-order valence-electron chi connectivity index (χ4n) is 3.68. The molecule has 0 aromatic heterocycles. The van der Waals surface area contributed by atoms with Gasteiger partial charge in [-0.05, 0) is 47.5 Å². The fraction of sp³-hybridized carbons (Fsp3) is 0.167. The Morgan fingerprint density at radius 2 is 1.64 bits per heavy atom. The number of sulfonamides is 1. The Labute approximate surface area is 218 Å². The minimum absolute atomic E-state index is 0. The number of hydrogen-bond donors (Lipinski definition) is 1. The second-order valence-electron chi connectivity index (χ2n) is 7.71. The van der Waals surface area contributed by atoms with Gasteiger partial charge in [0.25, 0.3) is 10.0 Å². The van der Waals surface area contributed by atoms with Crippen molar-refractivity contribution in [2.24, 2.45) is 10.1 Å². The summed E-state index contributed by atoms with van der Waals surface area (Å²) in [5, 5.41) is 6.65. The Morgan fingerprint density at radius 3 is 2.19 bits per heavy atom. The molecular formula is C24H21Cl2F3N4O2S. The maximum Gasteiger partial charge on any atom is 0.416 e. The van der Waals surface area contributed by atoms with Crippen LogP contribution in [0.1, 0.15) is 22.6 Å². The van der Waals surface area contributed by atoms with Crippen LogP contribution < -0.4 is 4.72 Å². The first-order valence-electron chi connectivity index (χ1n) is 10.4. The number of benzene rings is 3. The number of nitrogens with zero attached hydrogens (tertiary/aromatic N) is 3. The third-order valence-corrected chi connectivity index (χ3v) is 7.03. The lowest BCUT2D eigenvalue weighted by Gasteiger charge is -2.19. The fourth-order valence-corrected chi connectivity index (χ4v) is 4.85. The van der Waals surface area contributed by atoms with Gasteiger partial charge in [0, 0.05) is 18.0 Å². The van der Waals surface area contributed by atoms with Gasteiger partial charge in [-0.15, -0.1) is 12.4 Å². The second kappa shape index (κ2) is 10.9. The molecule has 12 heteroatoms. The van der Waals surface area contributed by atoms with E-state index in [0.717, 1.165) is 35.4 Å². The molecule has 0 unspecified atom stereocenters. The summed E-state index contributed by atoms with van der Waals surface area (Å²) in [7, 11) is -2.82. The molecule has 0 fully saturated rings. The van der Waals surface area contributed by atoms with E-state index in [1.54, 1.807) is 12.1 Å². The zero-order chi connectivity index (χ0) is 25.2. The summed E-state index contributed by atoms with van der Waals surface area (Å²) in [4.78, 5) is 3.73. The van der Waals surface area contributed by atoms with Gasteiger partial charge in [-0.2, -0.15) is 18.3 Å². The lowest BCUT2D eigenvalue weighted by molar-refractivity contribution is -0.137. The molecule has 0 bridgehead atoms. The summed E-state index contributed by atoms with van der Waals surface area (Å²) in [6.07, 6.45) is -4.57. The number of halogens is 5. The number of guanidine groups is 1. The van der Waals surface area contributed by atoms with Crippen molar-refractivity contribution in [3.05, 3.63) is 101 Å². The lowest BCUT2D eigenvalue weighted by atomic mass is 9.91. The quantitative estimate of drug-likeness (QED) is 0.338. The molecule has 4 rings (SSSR count). The predicted molar refractivity (Wildman–Crippen MR) is 136 cm³/mol. The molecule has 3 aromatic carbocycles. The molecule has 1 aliphatic rings. The topological polar surface area (TPSA) is 74.1 Å². The van der Waals surface area contributed by atoms with E-state index in [1.807, 2.05) is 42.5 Å². The van der Waals surface area contributed by atoms with Gasteiger partial charge in [-0.1, -0.05) is 54.1 Å². The Kier molecular flexibility index (Phi) is 8.33. The Bertz CT molecular complexity index is 1360. The molecule has 6 nitrogen and oxygen atoms in total. The minimum Gasteiger partial charge on any atom is -0.254 e. The Hall–Kier alpha value is -3.08. The van der Waals surface area contributed by atoms with Crippen molar-refractivity contribution < 1.29 is 21.6 Å². The molecule has 3 aromatic rings. The molecule has 0 saturated heterocycles. The van der Waals surface area contributed by atoms with E-state index in [0.29, 0.717) is 17.3 Å². The largest absolute Gasteiger partial charge is 0.416 e. The highest BCUT2D eigenvalue weighted by Gasteiger charge is 2.34. The van der Waals surface area contributed by atoms with Crippen LogP contribution in [0.25, 0.3) is 0 Å². The van der Waals surface area contributed by atoms with E-state index in [-0.39, 0.29) is 29.2 Å².